The Morgan fingerprint density at radius 3 is 2.33 bits per heavy atom. The first-order valence-electron chi connectivity index (χ1n) is 5.50. The Kier molecular flexibility index (Phi) is 3.09. The van der Waals surface area contributed by atoms with Gasteiger partial charge < -0.3 is 4.52 Å². The van der Waals surface area contributed by atoms with Gasteiger partial charge in [0.2, 0.25) is 5.82 Å². The van der Waals surface area contributed by atoms with Crippen LogP contribution in [-0.4, -0.2) is 20.1 Å². The average molecular weight is 296 g/mol. The van der Waals surface area contributed by atoms with Gasteiger partial charge in [0.1, 0.15) is 6.33 Å². The summed E-state index contributed by atoms with van der Waals surface area (Å²) in [4.78, 5) is 11.2. The number of rotatable bonds is 2. The Balaban J connectivity index is 2.09. The number of nitrogens with zero attached hydrogens (tertiary/aromatic N) is 4. The molecular weight excluding hydrogens is 292 g/mol. The fraction of sp³-hybridized carbons (Fsp3) is 0. The smallest absolute Gasteiger partial charge is 0.261 e. The van der Waals surface area contributed by atoms with Gasteiger partial charge in [-0.3, -0.25) is 0 Å². The zero-order chi connectivity index (χ0) is 15.0. The van der Waals surface area contributed by atoms with E-state index in [0.29, 0.717) is 11.6 Å². The minimum absolute atomic E-state index is 0.0739. The Hall–Kier alpha value is -2.84. The summed E-state index contributed by atoms with van der Waals surface area (Å²) in [5.41, 5.74) is -0.321. The fourth-order valence-electron chi connectivity index (χ4n) is 1.60. The predicted octanol–water partition coefficient (Wildman–Crippen LogP) is 2.75. The van der Waals surface area contributed by atoms with Crippen LogP contribution in [0.15, 0.2) is 29.3 Å². The first-order valence-corrected chi connectivity index (χ1v) is 5.50. The highest BCUT2D eigenvalue weighted by Crippen LogP contribution is 2.27. The Bertz CT molecular complexity index is 807. The molecule has 2 heterocycles. The normalized spacial score (nSPS) is 10.9. The molecule has 1 aromatic carbocycles. The van der Waals surface area contributed by atoms with Crippen molar-refractivity contribution in [2.24, 2.45) is 0 Å². The summed E-state index contributed by atoms with van der Waals surface area (Å²) in [6.07, 6.45) is 3.98. The van der Waals surface area contributed by atoms with Gasteiger partial charge in [0.15, 0.2) is 23.3 Å². The molecule has 0 saturated carbocycles. The molecule has 0 amide bonds. The summed E-state index contributed by atoms with van der Waals surface area (Å²) in [5, 5.41) is 3.40. The second-order valence-corrected chi connectivity index (χ2v) is 3.90. The van der Waals surface area contributed by atoms with E-state index in [4.69, 9.17) is 4.52 Å². The van der Waals surface area contributed by atoms with E-state index < -0.39 is 34.7 Å². The number of halogens is 4. The van der Waals surface area contributed by atoms with Crippen molar-refractivity contribution in [1.82, 2.24) is 20.1 Å². The molecule has 0 aliphatic carbocycles. The second kappa shape index (κ2) is 4.93. The van der Waals surface area contributed by atoms with Gasteiger partial charge in [-0.15, -0.1) is 0 Å². The molecule has 0 N–H and O–H groups in total. The molecular formula is C12H4F4N4O. The van der Waals surface area contributed by atoms with Crippen molar-refractivity contribution in [2.45, 2.75) is 0 Å². The molecule has 0 spiro atoms. The highest BCUT2D eigenvalue weighted by Gasteiger charge is 2.23. The van der Waals surface area contributed by atoms with Crippen molar-refractivity contribution in [3.63, 3.8) is 0 Å². The molecule has 3 aromatic rings. The van der Waals surface area contributed by atoms with Crippen LogP contribution in [0.4, 0.5) is 17.6 Å². The van der Waals surface area contributed by atoms with Gasteiger partial charge in [-0.2, -0.15) is 4.98 Å². The lowest BCUT2D eigenvalue weighted by Gasteiger charge is -2.01. The zero-order valence-corrected chi connectivity index (χ0v) is 10.0. The largest absolute Gasteiger partial charge is 0.333 e. The van der Waals surface area contributed by atoms with Gasteiger partial charge in [-0.05, 0) is 6.07 Å². The average Bonchev–Trinajstić information content (AvgIpc) is 2.99. The molecule has 3 rings (SSSR count). The molecule has 0 atom stereocenters. The third-order valence-corrected chi connectivity index (χ3v) is 2.58. The highest BCUT2D eigenvalue weighted by atomic mass is 19.2. The van der Waals surface area contributed by atoms with Crippen molar-refractivity contribution in [3.05, 3.63) is 48.1 Å². The standard InChI is InChI=1S/C12H4F4N4O/c13-7-1-6(8(14)10(16)9(7)15)11-19-12(21-20-11)5-2-17-4-18-3-5/h1-4H. The van der Waals surface area contributed by atoms with Crippen molar-refractivity contribution in [3.8, 4) is 22.8 Å². The van der Waals surface area contributed by atoms with Crippen LogP contribution >= 0.6 is 0 Å². The van der Waals surface area contributed by atoms with Crippen LogP contribution in [0.1, 0.15) is 0 Å². The second-order valence-electron chi connectivity index (χ2n) is 3.90. The van der Waals surface area contributed by atoms with Crippen LogP contribution < -0.4 is 0 Å². The lowest BCUT2D eigenvalue weighted by atomic mass is 10.2. The summed E-state index contributed by atoms with van der Waals surface area (Å²) in [7, 11) is 0. The molecule has 5 nitrogen and oxygen atoms in total. The molecule has 0 saturated heterocycles. The summed E-state index contributed by atoms with van der Waals surface area (Å²) in [6.45, 7) is 0. The maximum atomic E-state index is 13.6. The van der Waals surface area contributed by atoms with E-state index in [9.17, 15) is 17.6 Å². The maximum absolute atomic E-state index is 13.6. The molecule has 0 bridgehead atoms. The van der Waals surface area contributed by atoms with Crippen molar-refractivity contribution in [2.75, 3.05) is 0 Å². The van der Waals surface area contributed by atoms with Crippen LogP contribution in [0.2, 0.25) is 0 Å². The first-order chi connectivity index (χ1) is 10.1. The number of hydrogen-bond acceptors (Lipinski definition) is 5. The van der Waals surface area contributed by atoms with E-state index in [-0.39, 0.29) is 5.89 Å². The summed E-state index contributed by atoms with van der Waals surface area (Å²) >= 11 is 0. The summed E-state index contributed by atoms with van der Waals surface area (Å²) in [6, 6.07) is 0.448. The maximum Gasteiger partial charge on any atom is 0.261 e. The zero-order valence-electron chi connectivity index (χ0n) is 10.0. The topological polar surface area (TPSA) is 64.7 Å². The van der Waals surface area contributed by atoms with E-state index in [1.807, 2.05) is 0 Å². The van der Waals surface area contributed by atoms with Crippen LogP contribution in [0.3, 0.4) is 0 Å². The van der Waals surface area contributed by atoms with E-state index in [0.717, 1.165) is 0 Å². The van der Waals surface area contributed by atoms with Gasteiger partial charge in [-0.25, -0.2) is 27.5 Å². The number of hydrogen-bond donors (Lipinski definition) is 0. The number of benzene rings is 1. The predicted molar refractivity (Wildman–Crippen MR) is 60.6 cm³/mol. The Morgan fingerprint density at radius 1 is 0.905 bits per heavy atom. The van der Waals surface area contributed by atoms with Gasteiger partial charge >= 0.3 is 0 Å². The van der Waals surface area contributed by atoms with Gasteiger partial charge in [-0.1, -0.05) is 5.16 Å². The van der Waals surface area contributed by atoms with E-state index in [1.165, 1.54) is 18.7 Å². The lowest BCUT2D eigenvalue weighted by molar-refractivity contribution is 0.408. The SMILES string of the molecule is Fc1cc(-c2noc(-c3cncnc3)n2)c(F)c(F)c1F. The fourth-order valence-corrected chi connectivity index (χ4v) is 1.60. The molecule has 9 heteroatoms. The van der Waals surface area contributed by atoms with E-state index in [1.54, 1.807) is 0 Å². The molecule has 0 aliphatic rings. The molecule has 0 radical (unpaired) electrons. The number of aromatic nitrogens is 4. The van der Waals surface area contributed by atoms with Gasteiger partial charge in [0, 0.05) is 12.4 Å². The molecule has 21 heavy (non-hydrogen) atoms. The van der Waals surface area contributed by atoms with Crippen LogP contribution in [-0.2, 0) is 0 Å². The van der Waals surface area contributed by atoms with Gasteiger partial charge in [0.25, 0.3) is 5.89 Å². The quantitative estimate of drug-likeness (QED) is 0.413. The first kappa shape index (κ1) is 13.2. The Labute approximate surface area is 114 Å². The minimum Gasteiger partial charge on any atom is -0.333 e. The van der Waals surface area contributed by atoms with Crippen molar-refractivity contribution in [1.29, 1.82) is 0 Å². The molecule has 0 unspecified atom stereocenters. The van der Waals surface area contributed by atoms with Crippen LogP contribution in [0, 0.1) is 23.3 Å². The molecule has 2 aromatic heterocycles. The van der Waals surface area contributed by atoms with Crippen LogP contribution in [0.5, 0.6) is 0 Å². The van der Waals surface area contributed by atoms with Gasteiger partial charge in [0.05, 0.1) is 11.1 Å². The van der Waals surface area contributed by atoms with Crippen molar-refractivity contribution < 1.29 is 22.1 Å². The summed E-state index contributed by atoms with van der Waals surface area (Å²) < 4.78 is 57.6. The lowest BCUT2D eigenvalue weighted by Crippen LogP contribution is -1.99. The van der Waals surface area contributed by atoms with Crippen molar-refractivity contribution >= 4 is 0 Å². The monoisotopic (exact) mass is 296 g/mol. The highest BCUT2D eigenvalue weighted by molar-refractivity contribution is 5.59. The molecule has 0 fully saturated rings. The summed E-state index contributed by atoms with van der Waals surface area (Å²) in [5.74, 6) is -7.51. The third kappa shape index (κ3) is 2.22. The van der Waals surface area contributed by atoms with Crippen LogP contribution in [0.25, 0.3) is 22.8 Å². The van der Waals surface area contributed by atoms with E-state index in [2.05, 4.69) is 20.1 Å². The minimum atomic E-state index is -1.95. The molecule has 0 aliphatic heterocycles. The molecule has 106 valence electrons. The van der Waals surface area contributed by atoms with E-state index >= 15 is 0 Å². The Morgan fingerprint density at radius 2 is 1.62 bits per heavy atom. The third-order valence-electron chi connectivity index (χ3n) is 2.58.